The molecule has 8 heteroatoms. The minimum atomic E-state index is -3.66. The molecule has 0 saturated carbocycles. The number of hydrogen-bond acceptors (Lipinski definition) is 6. The Balaban J connectivity index is 1.78. The van der Waals surface area contributed by atoms with Gasteiger partial charge in [0.15, 0.2) is 11.5 Å². The molecule has 0 radical (unpaired) electrons. The fraction of sp³-hybridized carbons (Fsp3) is 0.500. The molecule has 3 rings (SSSR count). The molecule has 28 heavy (non-hydrogen) atoms. The SMILES string of the molecule is COc1ccc(S(=O)(=O)NCC(c2ccsc2)N2CCCCCC2)cc1OC. The van der Waals surface area contributed by atoms with Gasteiger partial charge >= 0.3 is 0 Å². The average molecular weight is 425 g/mol. The largest absolute Gasteiger partial charge is 0.493 e. The molecule has 6 nitrogen and oxygen atoms in total. The molecule has 1 unspecified atom stereocenters. The van der Waals surface area contributed by atoms with E-state index in [2.05, 4.69) is 21.1 Å². The Kier molecular flexibility index (Phi) is 7.34. The van der Waals surface area contributed by atoms with Crippen LogP contribution in [0, 0.1) is 0 Å². The van der Waals surface area contributed by atoms with Crippen molar-refractivity contribution in [2.75, 3.05) is 33.9 Å². The fourth-order valence-corrected chi connectivity index (χ4v) is 5.35. The van der Waals surface area contributed by atoms with E-state index in [0.29, 0.717) is 18.0 Å². The summed E-state index contributed by atoms with van der Waals surface area (Å²) in [7, 11) is -0.642. The van der Waals surface area contributed by atoms with Crippen LogP contribution in [0.25, 0.3) is 0 Å². The van der Waals surface area contributed by atoms with Crippen LogP contribution in [0.4, 0.5) is 0 Å². The zero-order valence-corrected chi connectivity index (χ0v) is 18.0. The Morgan fingerprint density at radius 3 is 2.39 bits per heavy atom. The van der Waals surface area contributed by atoms with Crippen molar-refractivity contribution in [2.45, 2.75) is 36.6 Å². The first kappa shape index (κ1) is 21.1. The number of benzene rings is 1. The molecule has 1 fully saturated rings. The lowest BCUT2D eigenvalue weighted by atomic mass is 10.1. The molecular formula is C20H28N2O4S2. The van der Waals surface area contributed by atoms with Gasteiger partial charge in [-0.05, 0) is 60.5 Å². The molecule has 1 N–H and O–H groups in total. The van der Waals surface area contributed by atoms with E-state index in [-0.39, 0.29) is 10.9 Å². The van der Waals surface area contributed by atoms with Gasteiger partial charge in [0.25, 0.3) is 0 Å². The van der Waals surface area contributed by atoms with E-state index < -0.39 is 10.0 Å². The van der Waals surface area contributed by atoms with Crippen LogP contribution in [0.5, 0.6) is 11.5 Å². The third-order valence-electron chi connectivity index (χ3n) is 5.14. The number of methoxy groups -OCH3 is 2. The summed E-state index contributed by atoms with van der Waals surface area (Å²) in [5.41, 5.74) is 1.17. The Hall–Kier alpha value is -1.61. The van der Waals surface area contributed by atoms with Crippen molar-refractivity contribution in [3.63, 3.8) is 0 Å². The van der Waals surface area contributed by atoms with Gasteiger partial charge in [0.1, 0.15) is 0 Å². The van der Waals surface area contributed by atoms with Crippen LogP contribution in [0.3, 0.4) is 0 Å². The lowest BCUT2D eigenvalue weighted by Crippen LogP contribution is -2.38. The van der Waals surface area contributed by atoms with Gasteiger partial charge in [-0.2, -0.15) is 11.3 Å². The molecule has 0 aliphatic carbocycles. The first-order valence-electron chi connectivity index (χ1n) is 9.53. The van der Waals surface area contributed by atoms with E-state index in [1.165, 1.54) is 44.8 Å². The maximum absolute atomic E-state index is 12.9. The molecular weight excluding hydrogens is 396 g/mol. The number of sulfonamides is 1. The molecule has 1 saturated heterocycles. The van der Waals surface area contributed by atoms with Crippen molar-refractivity contribution < 1.29 is 17.9 Å². The Labute approximate surface area is 171 Å². The summed E-state index contributed by atoms with van der Waals surface area (Å²) >= 11 is 1.64. The monoisotopic (exact) mass is 424 g/mol. The lowest BCUT2D eigenvalue weighted by molar-refractivity contribution is 0.206. The quantitative estimate of drug-likeness (QED) is 0.700. The molecule has 0 bridgehead atoms. The summed E-state index contributed by atoms with van der Waals surface area (Å²) in [5.74, 6) is 0.898. The molecule has 2 aromatic rings. The van der Waals surface area contributed by atoms with Gasteiger partial charge in [-0.25, -0.2) is 13.1 Å². The predicted octanol–water partition coefficient (Wildman–Crippen LogP) is 3.66. The third kappa shape index (κ3) is 5.05. The number of thiophene rings is 1. The molecule has 0 amide bonds. The second-order valence-electron chi connectivity index (χ2n) is 6.89. The van der Waals surface area contributed by atoms with Crippen LogP contribution in [-0.2, 0) is 10.0 Å². The van der Waals surface area contributed by atoms with Crippen molar-refractivity contribution in [1.29, 1.82) is 0 Å². The van der Waals surface area contributed by atoms with E-state index in [9.17, 15) is 8.42 Å². The van der Waals surface area contributed by atoms with E-state index in [4.69, 9.17) is 9.47 Å². The first-order chi connectivity index (χ1) is 13.5. The maximum atomic E-state index is 12.9. The molecule has 154 valence electrons. The fourth-order valence-electron chi connectivity index (χ4n) is 3.58. The summed E-state index contributed by atoms with van der Waals surface area (Å²) in [6.45, 7) is 2.34. The van der Waals surface area contributed by atoms with E-state index in [0.717, 1.165) is 25.9 Å². The normalized spacial score (nSPS) is 17.1. The van der Waals surface area contributed by atoms with Gasteiger partial charge in [-0.15, -0.1) is 0 Å². The topological polar surface area (TPSA) is 67.9 Å². The highest BCUT2D eigenvalue weighted by Gasteiger charge is 2.25. The van der Waals surface area contributed by atoms with Gasteiger partial charge in [0.05, 0.1) is 19.1 Å². The molecule has 1 aliphatic rings. The van der Waals surface area contributed by atoms with E-state index in [1.807, 2.05) is 5.38 Å². The molecule has 2 heterocycles. The second-order valence-corrected chi connectivity index (χ2v) is 9.44. The third-order valence-corrected chi connectivity index (χ3v) is 7.26. The van der Waals surface area contributed by atoms with Gasteiger partial charge < -0.3 is 9.47 Å². The lowest BCUT2D eigenvalue weighted by Gasteiger charge is -2.30. The van der Waals surface area contributed by atoms with E-state index >= 15 is 0 Å². The standard InChI is InChI=1S/C20H28N2O4S2/c1-25-19-8-7-17(13-20(19)26-2)28(23,24)21-14-18(16-9-12-27-15-16)22-10-5-3-4-6-11-22/h7-9,12-13,15,18,21H,3-6,10-11,14H2,1-2H3. The van der Waals surface area contributed by atoms with Gasteiger partial charge in [0.2, 0.25) is 10.0 Å². The van der Waals surface area contributed by atoms with Gasteiger partial charge in [-0.1, -0.05) is 12.8 Å². The minimum Gasteiger partial charge on any atom is -0.493 e. The van der Waals surface area contributed by atoms with E-state index in [1.54, 1.807) is 17.4 Å². The van der Waals surface area contributed by atoms with Crippen LogP contribution in [0.1, 0.15) is 37.3 Å². The summed E-state index contributed by atoms with van der Waals surface area (Å²) in [6, 6.07) is 6.77. The number of nitrogens with zero attached hydrogens (tertiary/aromatic N) is 1. The highest BCUT2D eigenvalue weighted by molar-refractivity contribution is 7.89. The van der Waals surface area contributed by atoms with Crippen molar-refractivity contribution in [3.05, 3.63) is 40.6 Å². The van der Waals surface area contributed by atoms with Crippen LogP contribution in [0.2, 0.25) is 0 Å². The Morgan fingerprint density at radius 2 is 1.79 bits per heavy atom. The zero-order valence-electron chi connectivity index (χ0n) is 16.4. The molecule has 1 atom stereocenters. The van der Waals surface area contributed by atoms with Crippen molar-refractivity contribution >= 4 is 21.4 Å². The van der Waals surface area contributed by atoms with Crippen molar-refractivity contribution in [3.8, 4) is 11.5 Å². The molecule has 0 spiro atoms. The Bertz CT molecular complexity index is 845. The zero-order chi connectivity index (χ0) is 20.0. The second kappa shape index (κ2) is 9.73. The van der Waals surface area contributed by atoms with Crippen molar-refractivity contribution in [2.24, 2.45) is 0 Å². The summed E-state index contributed by atoms with van der Waals surface area (Å²) in [5, 5.41) is 4.16. The van der Waals surface area contributed by atoms with Crippen LogP contribution >= 0.6 is 11.3 Å². The van der Waals surface area contributed by atoms with Crippen LogP contribution < -0.4 is 14.2 Å². The number of likely N-dealkylation sites (tertiary alicyclic amines) is 1. The highest BCUT2D eigenvalue weighted by Crippen LogP contribution is 2.30. The number of rotatable bonds is 8. The van der Waals surface area contributed by atoms with Gasteiger partial charge in [-0.3, -0.25) is 4.90 Å². The molecule has 1 aromatic carbocycles. The van der Waals surface area contributed by atoms with Crippen LogP contribution in [-0.4, -0.2) is 47.2 Å². The number of nitrogens with one attached hydrogen (secondary N) is 1. The minimum absolute atomic E-state index is 0.0410. The summed E-state index contributed by atoms with van der Waals surface area (Å²) in [6.07, 6.45) is 4.79. The summed E-state index contributed by atoms with van der Waals surface area (Å²) in [4.78, 5) is 2.58. The number of ether oxygens (including phenoxy) is 2. The number of hydrogen-bond donors (Lipinski definition) is 1. The smallest absolute Gasteiger partial charge is 0.240 e. The maximum Gasteiger partial charge on any atom is 0.240 e. The van der Waals surface area contributed by atoms with Gasteiger partial charge in [0, 0.05) is 18.7 Å². The first-order valence-corrected chi connectivity index (χ1v) is 12.0. The summed E-state index contributed by atoms with van der Waals surface area (Å²) < 4.78 is 39.0. The highest BCUT2D eigenvalue weighted by atomic mass is 32.2. The predicted molar refractivity (Wildman–Crippen MR) is 112 cm³/mol. The van der Waals surface area contributed by atoms with Crippen LogP contribution in [0.15, 0.2) is 39.9 Å². The molecule has 1 aromatic heterocycles. The molecule has 1 aliphatic heterocycles. The average Bonchev–Trinajstić information content (AvgIpc) is 3.10. The Morgan fingerprint density at radius 1 is 1.07 bits per heavy atom. The van der Waals surface area contributed by atoms with Crippen molar-refractivity contribution in [1.82, 2.24) is 9.62 Å².